The SMILES string of the molecule is CCCCC/C=C\CC1OC1C/C=C\C/C=C\CCCC(=O)O[C@H](COC(=O)CCCCCCCCCCc1oc(CCC)c(C)c1C)COP(=O)(O)OCC[N+](C)(C)C. The van der Waals surface area contributed by atoms with E-state index in [1.54, 1.807) is 0 Å². The van der Waals surface area contributed by atoms with E-state index in [-0.39, 0.29) is 26.1 Å². The van der Waals surface area contributed by atoms with Crippen LogP contribution in [-0.2, 0) is 50.3 Å². The summed E-state index contributed by atoms with van der Waals surface area (Å²) in [6, 6.07) is 0. The van der Waals surface area contributed by atoms with E-state index in [0.29, 0.717) is 42.5 Å². The van der Waals surface area contributed by atoms with Gasteiger partial charge in [0, 0.05) is 25.7 Å². The average molecular weight is 865 g/mol. The second kappa shape index (κ2) is 31.3. The Morgan fingerprint density at radius 2 is 1.28 bits per heavy atom. The number of rotatable bonds is 37. The summed E-state index contributed by atoms with van der Waals surface area (Å²) < 4.78 is 46.2. The van der Waals surface area contributed by atoms with Gasteiger partial charge in [-0.3, -0.25) is 18.6 Å². The van der Waals surface area contributed by atoms with Crippen LogP contribution in [0.2, 0.25) is 0 Å². The van der Waals surface area contributed by atoms with Crippen LogP contribution in [-0.4, -0.2) is 87.1 Å². The standard InChI is InChI=1S/C48H82NO10P/c1-8-10-11-12-20-26-32-45-46(59-45)33-27-22-17-15-19-24-29-35-48(51)57-42(39-56-60(52,53)55-37-36-49(5,6)7)38-54-47(50)34-28-23-18-14-13-16-21-25-31-44-41(4)40(3)43(58-44)30-9-2/h15,19-20,22,26-27,42,45-46H,8-14,16-18,21,23-25,28-39H2,1-7H3/p+1/b19-15-,26-20-,27-22-/t42-,45?,46?/m1/s1. The zero-order valence-electron chi connectivity index (χ0n) is 38.6. The normalized spacial score (nSPS) is 17.2. The van der Waals surface area contributed by atoms with Gasteiger partial charge in [0.25, 0.3) is 0 Å². The van der Waals surface area contributed by atoms with E-state index in [9.17, 15) is 19.0 Å². The molecule has 11 nitrogen and oxygen atoms in total. The molecule has 2 rings (SSSR count). The third-order valence-electron chi connectivity index (χ3n) is 10.7. The maximum Gasteiger partial charge on any atom is 0.472 e. The molecule has 0 aromatic carbocycles. The summed E-state index contributed by atoms with van der Waals surface area (Å²) in [4.78, 5) is 35.5. The lowest BCUT2D eigenvalue weighted by Gasteiger charge is -2.24. The van der Waals surface area contributed by atoms with E-state index in [1.165, 1.54) is 49.7 Å². The zero-order valence-corrected chi connectivity index (χ0v) is 39.5. The number of furan rings is 1. The molecule has 1 N–H and O–H groups in total. The van der Waals surface area contributed by atoms with Crippen molar-refractivity contribution in [3.05, 3.63) is 59.1 Å². The van der Waals surface area contributed by atoms with E-state index < -0.39 is 32.5 Å². The highest BCUT2D eigenvalue weighted by atomic mass is 31.2. The summed E-state index contributed by atoms with van der Waals surface area (Å²) >= 11 is 0. The van der Waals surface area contributed by atoms with Gasteiger partial charge in [0.1, 0.15) is 31.3 Å². The van der Waals surface area contributed by atoms with E-state index >= 15 is 0 Å². The molecular formula is C48H83NO10P+. The van der Waals surface area contributed by atoms with Crippen molar-refractivity contribution >= 4 is 19.8 Å². The molecule has 1 fully saturated rings. The van der Waals surface area contributed by atoms with Crippen molar-refractivity contribution in [3.8, 4) is 0 Å². The number of epoxide rings is 1. The first kappa shape index (κ1) is 53.6. The molecule has 0 spiro atoms. The highest BCUT2D eigenvalue weighted by molar-refractivity contribution is 7.47. The number of likely N-dealkylation sites (N-methyl/N-ethyl adjacent to an activating group) is 1. The maximum absolute atomic E-state index is 12.7. The minimum atomic E-state index is -4.41. The number of hydrogen-bond acceptors (Lipinski definition) is 9. The van der Waals surface area contributed by atoms with E-state index in [4.69, 9.17) is 27.7 Å². The van der Waals surface area contributed by atoms with Crippen LogP contribution in [0.15, 0.2) is 40.9 Å². The highest BCUT2D eigenvalue weighted by Gasteiger charge is 2.36. The van der Waals surface area contributed by atoms with Crippen LogP contribution < -0.4 is 0 Å². The highest BCUT2D eigenvalue weighted by Crippen LogP contribution is 2.43. The molecule has 1 aromatic heterocycles. The quantitative estimate of drug-likeness (QED) is 0.0172. The van der Waals surface area contributed by atoms with Gasteiger partial charge >= 0.3 is 19.8 Å². The fourth-order valence-electron chi connectivity index (χ4n) is 6.74. The van der Waals surface area contributed by atoms with Crippen molar-refractivity contribution in [1.82, 2.24) is 0 Å². The van der Waals surface area contributed by atoms with Gasteiger partial charge in [0.15, 0.2) is 6.10 Å². The Kier molecular flexibility index (Phi) is 28.0. The molecule has 60 heavy (non-hydrogen) atoms. The van der Waals surface area contributed by atoms with Crippen LogP contribution in [0.25, 0.3) is 0 Å². The minimum Gasteiger partial charge on any atom is -0.466 e. The molecule has 1 saturated heterocycles. The van der Waals surface area contributed by atoms with Gasteiger partial charge in [0.2, 0.25) is 0 Å². The van der Waals surface area contributed by atoms with Gasteiger partial charge in [-0.1, -0.05) is 102 Å². The topological polar surface area (TPSA) is 134 Å². The third-order valence-corrected chi connectivity index (χ3v) is 11.7. The van der Waals surface area contributed by atoms with Crippen molar-refractivity contribution in [2.75, 3.05) is 47.5 Å². The Morgan fingerprint density at radius 3 is 1.95 bits per heavy atom. The zero-order chi connectivity index (χ0) is 44.1. The van der Waals surface area contributed by atoms with Crippen molar-refractivity contribution in [1.29, 1.82) is 0 Å². The lowest BCUT2D eigenvalue weighted by Crippen LogP contribution is -2.37. The van der Waals surface area contributed by atoms with Crippen molar-refractivity contribution in [2.45, 2.75) is 187 Å². The molecule has 4 atom stereocenters. The predicted octanol–water partition coefficient (Wildman–Crippen LogP) is 11.6. The summed E-state index contributed by atoms with van der Waals surface area (Å²) in [5.41, 5.74) is 2.63. The number of phosphoric ester groups is 1. The molecule has 0 bridgehead atoms. The first-order chi connectivity index (χ1) is 28.7. The molecule has 0 amide bonds. The van der Waals surface area contributed by atoms with Gasteiger partial charge in [-0.25, -0.2) is 4.57 Å². The molecule has 0 saturated carbocycles. The number of unbranched alkanes of at least 4 members (excludes halogenated alkanes) is 11. The number of hydrogen-bond donors (Lipinski definition) is 1. The summed E-state index contributed by atoms with van der Waals surface area (Å²) in [6.45, 7) is 8.54. The molecule has 344 valence electrons. The molecule has 0 aliphatic carbocycles. The fourth-order valence-corrected chi connectivity index (χ4v) is 7.48. The first-order valence-electron chi connectivity index (χ1n) is 23.2. The molecule has 2 heterocycles. The lowest BCUT2D eigenvalue weighted by molar-refractivity contribution is -0.870. The largest absolute Gasteiger partial charge is 0.472 e. The Hall–Kier alpha value is -2.53. The predicted molar refractivity (Wildman–Crippen MR) is 241 cm³/mol. The average Bonchev–Trinajstić information content (AvgIpc) is 3.89. The summed E-state index contributed by atoms with van der Waals surface area (Å²) in [5.74, 6) is 1.40. The minimum absolute atomic E-state index is 0.0116. The lowest BCUT2D eigenvalue weighted by atomic mass is 10.0. The van der Waals surface area contributed by atoms with Gasteiger partial charge in [-0.2, -0.15) is 0 Å². The molecule has 12 heteroatoms. The van der Waals surface area contributed by atoms with Gasteiger partial charge in [0.05, 0.1) is 40.0 Å². The van der Waals surface area contributed by atoms with Crippen LogP contribution in [0.5, 0.6) is 0 Å². The number of allylic oxidation sites excluding steroid dienone is 4. The molecule has 1 aliphatic rings. The molecule has 1 aromatic rings. The Morgan fingerprint density at radius 1 is 0.700 bits per heavy atom. The van der Waals surface area contributed by atoms with Crippen LogP contribution in [0.4, 0.5) is 0 Å². The molecule has 3 unspecified atom stereocenters. The number of esters is 2. The molecule has 1 aliphatic heterocycles. The smallest absolute Gasteiger partial charge is 0.466 e. The number of nitrogens with zero attached hydrogens (tertiary/aromatic N) is 1. The van der Waals surface area contributed by atoms with Gasteiger partial charge in [-0.05, 0) is 89.2 Å². The monoisotopic (exact) mass is 865 g/mol. The number of ether oxygens (including phenoxy) is 3. The second-order valence-corrected chi connectivity index (χ2v) is 18.9. The van der Waals surface area contributed by atoms with E-state index in [1.807, 2.05) is 27.2 Å². The first-order valence-corrected chi connectivity index (χ1v) is 24.7. The van der Waals surface area contributed by atoms with Crippen molar-refractivity contribution in [2.24, 2.45) is 0 Å². The number of aryl methyl sites for hydroxylation is 2. The number of carbonyl (C=O) groups is 2. The van der Waals surface area contributed by atoms with Crippen LogP contribution in [0, 0.1) is 13.8 Å². The number of phosphoric acid groups is 1. The van der Waals surface area contributed by atoms with Crippen LogP contribution in [0.3, 0.4) is 0 Å². The van der Waals surface area contributed by atoms with Gasteiger partial charge in [-0.15, -0.1) is 0 Å². The van der Waals surface area contributed by atoms with Crippen molar-refractivity contribution < 1.29 is 51.2 Å². The van der Waals surface area contributed by atoms with E-state index in [2.05, 4.69) is 58.1 Å². The summed E-state index contributed by atoms with van der Waals surface area (Å²) in [5, 5.41) is 0. The Balaban J connectivity index is 1.64. The molecular weight excluding hydrogens is 781 g/mol. The maximum atomic E-state index is 12.7. The number of carbonyl (C=O) groups excluding carboxylic acids is 2. The Labute approximate surface area is 363 Å². The van der Waals surface area contributed by atoms with Crippen molar-refractivity contribution in [3.63, 3.8) is 0 Å². The summed E-state index contributed by atoms with van der Waals surface area (Å²) in [7, 11) is 1.41. The fraction of sp³-hybridized carbons (Fsp3) is 0.750. The number of quaternary nitrogens is 1. The van der Waals surface area contributed by atoms with E-state index in [0.717, 1.165) is 82.1 Å². The second-order valence-electron chi connectivity index (χ2n) is 17.4. The summed E-state index contributed by atoms with van der Waals surface area (Å²) in [6.07, 6.45) is 33.6. The Bertz CT molecular complexity index is 1460. The third kappa shape index (κ3) is 26.7. The van der Waals surface area contributed by atoms with Crippen LogP contribution in [0.1, 0.15) is 165 Å². The molecule has 0 radical (unpaired) electrons. The van der Waals surface area contributed by atoms with Crippen LogP contribution >= 0.6 is 7.82 Å². The van der Waals surface area contributed by atoms with Gasteiger partial charge < -0.3 is 28.0 Å².